The van der Waals surface area contributed by atoms with Crippen LogP contribution in [-0.2, 0) is 16.0 Å². The second-order valence-electron chi connectivity index (χ2n) is 4.65. The first-order valence-electron chi connectivity index (χ1n) is 6.49. The molecule has 1 aliphatic rings. The van der Waals surface area contributed by atoms with Crippen LogP contribution in [0.1, 0.15) is 31.7 Å². The molecule has 98 valence electrons. The minimum absolute atomic E-state index is 0.00875. The normalized spacial score (nSPS) is 18.8. The van der Waals surface area contributed by atoms with Gasteiger partial charge in [-0.05, 0) is 37.0 Å². The molecule has 18 heavy (non-hydrogen) atoms. The summed E-state index contributed by atoms with van der Waals surface area (Å²) in [6.45, 7) is 2.83. The van der Waals surface area contributed by atoms with Crippen molar-refractivity contribution in [3.8, 4) is 0 Å². The smallest absolute Gasteiger partial charge is 0.226 e. The van der Waals surface area contributed by atoms with Crippen LogP contribution in [0, 0.1) is 0 Å². The Balaban J connectivity index is 1.92. The SMILES string of the molecule is CCc1ccc(NC(=O)CC2CCCO2)cc1N. The van der Waals surface area contributed by atoms with E-state index in [1.807, 2.05) is 18.2 Å². The van der Waals surface area contributed by atoms with Gasteiger partial charge in [-0.2, -0.15) is 0 Å². The van der Waals surface area contributed by atoms with E-state index >= 15 is 0 Å². The Hall–Kier alpha value is -1.55. The number of anilines is 2. The molecule has 2 rings (SSSR count). The van der Waals surface area contributed by atoms with Gasteiger partial charge in [0.05, 0.1) is 12.5 Å². The van der Waals surface area contributed by atoms with Gasteiger partial charge >= 0.3 is 0 Å². The number of nitrogen functional groups attached to an aromatic ring is 1. The van der Waals surface area contributed by atoms with Crippen molar-refractivity contribution in [2.24, 2.45) is 0 Å². The van der Waals surface area contributed by atoms with Crippen LogP contribution in [-0.4, -0.2) is 18.6 Å². The maximum absolute atomic E-state index is 11.8. The van der Waals surface area contributed by atoms with Crippen molar-refractivity contribution in [1.82, 2.24) is 0 Å². The van der Waals surface area contributed by atoms with Crippen molar-refractivity contribution in [2.75, 3.05) is 17.7 Å². The third-order valence-electron chi connectivity index (χ3n) is 3.25. The van der Waals surface area contributed by atoms with Crippen molar-refractivity contribution in [2.45, 2.75) is 38.7 Å². The molecular formula is C14H20N2O2. The van der Waals surface area contributed by atoms with Gasteiger partial charge < -0.3 is 15.8 Å². The Morgan fingerprint density at radius 1 is 1.56 bits per heavy atom. The van der Waals surface area contributed by atoms with Crippen LogP contribution in [0.5, 0.6) is 0 Å². The molecule has 0 aliphatic carbocycles. The Bertz CT molecular complexity index is 426. The monoisotopic (exact) mass is 248 g/mol. The van der Waals surface area contributed by atoms with Gasteiger partial charge in [-0.15, -0.1) is 0 Å². The van der Waals surface area contributed by atoms with Gasteiger partial charge in [-0.25, -0.2) is 0 Å². The summed E-state index contributed by atoms with van der Waals surface area (Å²) in [5.74, 6) is -0.00875. The molecule has 3 N–H and O–H groups in total. The fourth-order valence-electron chi connectivity index (χ4n) is 2.22. The number of benzene rings is 1. The van der Waals surface area contributed by atoms with Crippen LogP contribution in [0.2, 0.25) is 0 Å². The molecule has 1 aromatic rings. The Labute approximate surface area is 108 Å². The van der Waals surface area contributed by atoms with Crippen LogP contribution in [0.4, 0.5) is 11.4 Å². The van der Waals surface area contributed by atoms with E-state index in [9.17, 15) is 4.79 Å². The number of hydrogen-bond donors (Lipinski definition) is 2. The number of aryl methyl sites for hydroxylation is 1. The van der Waals surface area contributed by atoms with E-state index in [1.54, 1.807) is 0 Å². The maximum Gasteiger partial charge on any atom is 0.226 e. The molecule has 0 spiro atoms. The van der Waals surface area contributed by atoms with Crippen molar-refractivity contribution >= 4 is 17.3 Å². The summed E-state index contributed by atoms with van der Waals surface area (Å²) < 4.78 is 5.44. The zero-order chi connectivity index (χ0) is 13.0. The first-order valence-corrected chi connectivity index (χ1v) is 6.49. The fraction of sp³-hybridized carbons (Fsp3) is 0.500. The van der Waals surface area contributed by atoms with Gasteiger partial charge in [0.1, 0.15) is 0 Å². The summed E-state index contributed by atoms with van der Waals surface area (Å²) in [7, 11) is 0. The summed E-state index contributed by atoms with van der Waals surface area (Å²) in [5, 5.41) is 2.86. The van der Waals surface area contributed by atoms with Crippen LogP contribution < -0.4 is 11.1 Å². The van der Waals surface area contributed by atoms with E-state index < -0.39 is 0 Å². The predicted molar refractivity (Wildman–Crippen MR) is 72.5 cm³/mol. The standard InChI is InChI=1S/C14H20N2O2/c1-2-10-5-6-11(8-13(10)15)16-14(17)9-12-4-3-7-18-12/h5-6,8,12H,2-4,7,9,15H2,1H3,(H,16,17). The number of nitrogens with two attached hydrogens (primary N) is 1. The molecule has 4 heteroatoms. The molecule has 1 unspecified atom stereocenters. The van der Waals surface area contributed by atoms with Gasteiger partial charge in [0.2, 0.25) is 5.91 Å². The predicted octanol–water partition coefficient (Wildman–Crippen LogP) is 2.34. The minimum Gasteiger partial charge on any atom is -0.398 e. The third-order valence-corrected chi connectivity index (χ3v) is 3.25. The topological polar surface area (TPSA) is 64.3 Å². The van der Waals surface area contributed by atoms with E-state index in [1.165, 1.54) is 0 Å². The first-order chi connectivity index (χ1) is 8.69. The van der Waals surface area contributed by atoms with E-state index in [2.05, 4.69) is 12.2 Å². The quantitative estimate of drug-likeness (QED) is 0.804. The van der Waals surface area contributed by atoms with Gasteiger partial charge in [0.25, 0.3) is 0 Å². The van der Waals surface area contributed by atoms with Gasteiger partial charge in [-0.3, -0.25) is 4.79 Å². The lowest BCUT2D eigenvalue weighted by atomic mass is 10.1. The second kappa shape index (κ2) is 5.87. The number of amides is 1. The summed E-state index contributed by atoms with van der Waals surface area (Å²) in [5.41, 5.74) is 8.49. The van der Waals surface area contributed by atoms with Crippen molar-refractivity contribution in [3.63, 3.8) is 0 Å². The molecule has 1 saturated heterocycles. The molecule has 0 saturated carbocycles. The molecule has 1 atom stereocenters. The van der Waals surface area contributed by atoms with Crippen molar-refractivity contribution in [3.05, 3.63) is 23.8 Å². The highest BCUT2D eigenvalue weighted by Gasteiger charge is 2.19. The summed E-state index contributed by atoms with van der Waals surface area (Å²) >= 11 is 0. The molecule has 0 bridgehead atoms. The molecule has 1 fully saturated rings. The average Bonchev–Trinajstić information content (AvgIpc) is 2.82. The third kappa shape index (κ3) is 3.23. The summed E-state index contributed by atoms with van der Waals surface area (Å²) in [6.07, 6.45) is 3.43. The molecule has 0 aromatic heterocycles. The molecule has 1 aromatic carbocycles. The number of nitrogens with one attached hydrogen (secondary N) is 1. The molecule has 1 amide bonds. The number of carbonyl (C=O) groups excluding carboxylic acids is 1. The van der Waals surface area contributed by atoms with Gasteiger partial charge in [0, 0.05) is 18.0 Å². The van der Waals surface area contributed by atoms with Gasteiger partial charge in [-0.1, -0.05) is 13.0 Å². The zero-order valence-electron chi connectivity index (χ0n) is 10.7. The van der Waals surface area contributed by atoms with Crippen LogP contribution in [0.15, 0.2) is 18.2 Å². The lowest BCUT2D eigenvalue weighted by molar-refractivity contribution is -0.118. The van der Waals surface area contributed by atoms with E-state index in [0.29, 0.717) is 6.42 Å². The van der Waals surface area contributed by atoms with Crippen LogP contribution in [0.3, 0.4) is 0 Å². The average molecular weight is 248 g/mol. The van der Waals surface area contributed by atoms with E-state index in [0.717, 1.165) is 42.8 Å². The number of carbonyl (C=O) groups is 1. The van der Waals surface area contributed by atoms with E-state index in [4.69, 9.17) is 10.5 Å². The highest BCUT2D eigenvalue weighted by molar-refractivity contribution is 5.91. The highest BCUT2D eigenvalue weighted by atomic mass is 16.5. The zero-order valence-corrected chi connectivity index (χ0v) is 10.7. The lowest BCUT2D eigenvalue weighted by Crippen LogP contribution is -2.19. The first kappa shape index (κ1) is 12.9. The Morgan fingerprint density at radius 3 is 3.00 bits per heavy atom. The number of hydrogen-bond acceptors (Lipinski definition) is 3. The van der Waals surface area contributed by atoms with E-state index in [-0.39, 0.29) is 12.0 Å². The molecule has 0 radical (unpaired) electrons. The number of ether oxygens (including phenoxy) is 1. The Kier molecular flexibility index (Phi) is 4.20. The molecule has 1 aliphatic heterocycles. The minimum atomic E-state index is -0.00875. The molecular weight excluding hydrogens is 228 g/mol. The van der Waals surface area contributed by atoms with Crippen molar-refractivity contribution in [1.29, 1.82) is 0 Å². The molecule has 4 nitrogen and oxygen atoms in total. The highest BCUT2D eigenvalue weighted by Crippen LogP contribution is 2.20. The summed E-state index contributed by atoms with van der Waals surface area (Å²) in [4.78, 5) is 11.8. The van der Waals surface area contributed by atoms with Crippen molar-refractivity contribution < 1.29 is 9.53 Å². The number of rotatable bonds is 4. The maximum atomic E-state index is 11.8. The van der Waals surface area contributed by atoms with Crippen LogP contribution in [0.25, 0.3) is 0 Å². The fourth-order valence-corrected chi connectivity index (χ4v) is 2.22. The second-order valence-corrected chi connectivity index (χ2v) is 4.65. The summed E-state index contributed by atoms with van der Waals surface area (Å²) in [6, 6.07) is 5.66. The van der Waals surface area contributed by atoms with Gasteiger partial charge in [0.15, 0.2) is 0 Å². The van der Waals surface area contributed by atoms with Crippen LogP contribution >= 0.6 is 0 Å². The molecule has 1 heterocycles. The largest absolute Gasteiger partial charge is 0.398 e. The Morgan fingerprint density at radius 2 is 2.39 bits per heavy atom. The lowest BCUT2D eigenvalue weighted by Gasteiger charge is -2.11.